The molecule has 0 bridgehead atoms. The van der Waals surface area contributed by atoms with Gasteiger partial charge in [0.25, 0.3) is 0 Å². The SMILES string of the molecule is CC(C)CON1C(C)C1(C)C. The summed E-state index contributed by atoms with van der Waals surface area (Å²) in [7, 11) is 0. The third kappa shape index (κ3) is 1.74. The number of hydrogen-bond acceptors (Lipinski definition) is 2. The average molecular weight is 157 g/mol. The second kappa shape index (κ2) is 2.76. The lowest BCUT2D eigenvalue weighted by Crippen LogP contribution is -2.13. The van der Waals surface area contributed by atoms with Crippen LogP contribution in [0.25, 0.3) is 0 Å². The summed E-state index contributed by atoms with van der Waals surface area (Å²) in [6, 6.07) is 0.584. The minimum atomic E-state index is 0.273. The van der Waals surface area contributed by atoms with Crippen LogP contribution in [0, 0.1) is 5.92 Å². The second-order valence-electron chi connectivity index (χ2n) is 4.35. The molecular formula is C9H19NO. The smallest absolute Gasteiger partial charge is 0.0708 e. The van der Waals surface area contributed by atoms with Gasteiger partial charge in [0, 0.05) is 0 Å². The van der Waals surface area contributed by atoms with Crippen LogP contribution in [0.1, 0.15) is 34.6 Å². The fourth-order valence-electron chi connectivity index (χ4n) is 1.15. The van der Waals surface area contributed by atoms with Gasteiger partial charge >= 0.3 is 0 Å². The maximum absolute atomic E-state index is 5.58. The molecule has 1 aliphatic rings. The van der Waals surface area contributed by atoms with Crippen LogP contribution in [0.4, 0.5) is 0 Å². The third-order valence-electron chi connectivity index (χ3n) is 2.42. The van der Waals surface area contributed by atoms with Gasteiger partial charge in [0.05, 0.1) is 18.2 Å². The van der Waals surface area contributed by atoms with E-state index in [1.54, 1.807) is 0 Å². The standard InChI is InChI=1S/C9H19NO/c1-7(2)6-11-10-8(3)9(10,4)5/h7-8H,6H2,1-5H3. The molecule has 0 amide bonds. The molecule has 2 nitrogen and oxygen atoms in total. The zero-order valence-electron chi connectivity index (χ0n) is 8.22. The van der Waals surface area contributed by atoms with Crippen LogP contribution >= 0.6 is 0 Å². The van der Waals surface area contributed by atoms with Crippen molar-refractivity contribution in [2.45, 2.75) is 46.2 Å². The number of rotatable bonds is 3. The average Bonchev–Trinajstić information content (AvgIpc) is 2.30. The molecule has 0 aliphatic carbocycles. The van der Waals surface area contributed by atoms with Crippen molar-refractivity contribution in [3.05, 3.63) is 0 Å². The Morgan fingerprint density at radius 2 is 1.91 bits per heavy atom. The molecule has 0 N–H and O–H groups in total. The lowest BCUT2D eigenvalue weighted by atomic mass is 10.2. The highest BCUT2D eigenvalue weighted by Gasteiger charge is 2.53. The first-order chi connectivity index (χ1) is 4.96. The van der Waals surface area contributed by atoms with Crippen molar-refractivity contribution in [2.75, 3.05) is 6.61 Å². The fourth-order valence-corrected chi connectivity index (χ4v) is 1.15. The Kier molecular flexibility index (Phi) is 2.26. The van der Waals surface area contributed by atoms with Gasteiger partial charge in [0.1, 0.15) is 0 Å². The van der Waals surface area contributed by atoms with E-state index < -0.39 is 0 Å². The monoisotopic (exact) mass is 157 g/mol. The Morgan fingerprint density at radius 1 is 1.45 bits per heavy atom. The summed E-state index contributed by atoms with van der Waals surface area (Å²) in [6.07, 6.45) is 0. The van der Waals surface area contributed by atoms with Crippen molar-refractivity contribution in [1.82, 2.24) is 5.06 Å². The topological polar surface area (TPSA) is 12.2 Å². The van der Waals surface area contributed by atoms with Crippen LogP contribution in [-0.2, 0) is 4.84 Å². The molecule has 0 aromatic rings. The van der Waals surface area contributed by atoms with Crippen molar-refractivity contribution in [2.24, 2.45) is 5.92 Å². The Balaban J connectivity index is 2.22. The Labute approximate surface area is 69.5 Å². The third-order valence-corrected chi connectivity index (χ3v) is 2.42. The summed E-state index contributed by atoms with van der Waals surface area (Å²) in [5.41, 5.74) is 0.273. The molecule has 0 spiro atoms. The molecule has 2 atom stereocenters. The van der Waals surface area contributed by atoms with E-state index in [9.17, 15) is 0 Å². The van der Waals surface area contributed by atoms with E-state index in [1.807, 2.05) is 0 Å². The summed E-state index contributed by atoms with van der Waals surface area (Å²) in [5.74, 6) is 0.624. The number of nitrogens with zero attached hydrogens (tertiary/aromatic N) is 1. The van der Waals surface area contributed by atoms with Crippen LogP contribution in [0.3, 0.4) is 0 Å². The molecule has 1 fully saturated rings. The van der Waals surface area contributed by atoms with Gasteiger partial charge in [-0.25, -0.2) is 0 Å². The van der Waals surface area contributed by atoms with E-state index in [1.165, 1.54) is 0 Å². The zero-order chi connectivity index (χ0) is 8.65. The quantitative estimate of drug-likeness (QED) is 0.581. The molecule has 2 unspecified atom stereocenters. The maximum atomic E-state index is 5.58. The zero-order valence-corrected chi connectivity index (χ0v) is 8.22. The first-order valence-electron chi connectivity index (χ1n) is 4.38. The molecule has 66 valence electrons. The van der Waals surface area contributed by atoms with Gasteiger partial charge in [-0.15, -0.1) is 0 Å². The number of hydroxylamine groups is 2. The molecule has 1 aliphatic heterocycles. The Hall–Kier alpha value is -0.0800. The normalized spacial score (nSPS) is 34.4. The van der Waals surface area contributed by atoms with Crippen LogP contribution in [-0.4, -0.2) is 23.3 Å². The van der Waals surface area contributed by atoms with Gasteiger partial charge in [0.2, 0.25) is 0 Å². The van der Waals surface area contributed by atoms with Gasteiger partial charge in [-0.3, -0.25) is 4.84 Å². The largest absolute Gasteiger partial charge is 0.298 e. The van der Waals surface area contributed by atoms with Gasteiger partial charge in [-0.2, -0.15) is 5.06 Å². The highest BCUT2D eigenvalue weighted by molar-refractivity contribution is 5.03. The van der Waals surface area contributed by atoms with Crippen molar-refractivity contribution in [1.29, 1.82) is 0 Å². The molecule has 2 heteroatoms. The highest BCUT2D eigenvalue weighted by atomic mass is 16.7. The van der Waals surface area contributed by atoms with Crippen LogP contribution in [0.5, 0.6) is 0 Å². The van der Waals surface area contributed by atoms with Crippen molar-refractivity contribution < 1.29 is 4.84 Å². The molecule has 11 heavy (non-hydrogen) atoms. The lowest BCUT2D eigenvalue weighted by molar-refractivity contribution is -0.105. The van der Waals surface area contributed by atoms with Crippen LogP contribution in [0.2, 0.25) is 0 Å². The summed E-state index contributed by atoms with van der Waals surface area (Å²) in [4.78, 5) is 5.58. The minimum absolute atomic E-state index is 0.273. The molecule has 0 radical (unpaired) electrons. The van der Waals surface area contributed by atoms with Crippen molar-refractivity contribution in [3.63, 3.8) is 0 Å². The fraction of sp³-hybridized carbons (Fsp3) is 1.00. The van der Waals surface area contributed by atoms with Crippen LogP contribution < -0.4 is 0 Å². The van der Waals surface area contributed by atoms with E-state index in [2.05, 4.69) is 39.7 Å². The summed E-state index contributed by atoms with van der Waals surface area (Å²) >= 11 is 0. The number of hydrogen-bond donors (Lipinski definition) is 0. The summed E-state index contributed by atoms with van der Waals surface area (Å²) < 4.78 is 0. The molecule has 1 saturated heterocycles. The van der Waals surface area contributed by atoms with Crippen molar-refractivity contribution >= 4 is 0 Å². The second-order valence-corrected chi connectivity index (χ2v) is 4.35. The predicted octanol–water partition coefficient (Wildman–Crippen LogP) is 2.06. The molecule has 1 rings (SSSR count). The predicted molar refractivity (Wildman–Crippen MR) is 46.2 cm³/mol. The van der Waals surface area contributed by atoms with Gasteiger partial charge < -0.3 is 0 Å². The molecule has 0 saturated carbocycles. The Bertz CT molecular complexity index is 142. The van der Waals surface area contributed by atoms with Gasteiger partial charge in [0.15, 0.2) is 0 Å². The van der Waals surface area contributed by atoms with E-state index in [0.717, 1.165) is 6.61 Å². The molecule has 1 heterocycles. The lowest BCUT2D eigenvalue weighted by Gasteiger charge is -2.09. The van der Waals surface area contributed by atoms with E-state index >= 15 is 0 Å². The highest BCUT2D eigenvalue weighted by Crippen LogP contribution is 2.39. The molecular weight excluding hydrogens is 138 g/mol. The van der Waals surface area contributed by atoms with Gasteiger partial charge in [-0.05, 0) is 26.7 Å². The van der Waals surface area contributed by atoms with E-state index in [-0.39, 0.29) is 5.54 Å². The first kappa shape index (κ1) is 9.01. The van der Waals surface area contributed by atoms with Gasteiger partial charge in [-0.1, -0.05) is 13.8 Å². The van der Waals surface area contributed by atoms with Crippen LogP contribution in [0.15, 0.2) is 0 Å². The van der Waals surface area contributed by atoms with E-state index in [0.29, 0.717) is 12.0 Å². The summed E-state index contributed by atoms with van der Waals surface area (Å²) in [5, 5.41) is 2.08. The maximum Gasteiger partial charge on any atom is 0.0708 e. The Morgan fingerprint density at radius 3 is 2.18 bits per heavy atom. The first-order valence-corrected chi connectivity index (χ1v) is 4.38. The molecule has 0 aromatic heterocycles. The van der Waals surface area contributed by atoms with E-state index in [4.69, 9.17) is 4.84 Å². The van der Waals surface area contributed by atoms with Crippen molar-refractivity contribution in [3.8, 4) is 0 Å². The minimum Gasteiger partial charge on any atom is -0.298 e. The summed E-state index contributed by atoms with van der Waals surface area (Å²) in [6.45, 7) is 11.8. The molecule has 0 aromatic carbocycles.